The molecular weight excluding hydrogens is 257 g/mol. The molecule has 1 aliphatic heterocycles. The molecule has 3 nitrogen and oxygen atoms in total. The van der Waals surface area contributed by atoms with Crippen molar-refractivity contribution in [1.82, 2.24) is 4.90 Å². The van der Waals surface area contributed by atoms with E-state index in [-0.39, 0.29) is 17.3 Å². The first-order valence-corrected chi connectivity index (χ1v) is 7.16. The Labute approximate surface area is 119 Å². The molecule has 0 aromatic heterocycles. The Hall–Kier alpha value is -1.26. The van der Waals surface area contributed by atoms with E-state index in [4.69, 9.17) is 4.74 Å². The maximum atomic E-state index is 13.6. The molecule has 110 valence electrons. The van der Waals surface area contributed by atoms with Crippen molar-refractivity contribution in [2.45, 2.75) is 25.8 Å². The van der Waals surface area contributed by atoms with Crippen molar-refractivity contribution in [2.75, 3.05) is 26.8 Å². The second-order valence-corrected chi connectivity index (χ2v) is 5.53. The van der Waals surface area contributed by atoms with Crippen LogP contribution in [0.4, 0.5) is 4.39 Å². The number of carbonyl (C=O) groups excluding carboxylic acids is 1. The molecule has 1 heterocycles. The molecule has 0 radical (unpaired) electrons. The molecule has 1 atom stereocenters. The third kappa shape index (κ3) is 3.64. The van der Waals surface area contributed by atoms with Crippen molar-refractivity contribution in [1.29, 1.82) is 0 Å². The maximum Gasteiger partial charge on any atom is 0.169 e. The minimum atomic E-state index is -0.432. The smallest absolute Gasteiger partial charge is 0.169 e. The van der Waals surface area contributed by atoms with Gasteiger partial charge < -0.3 is 9.64 Å². The summed E-state index contributed by atoms with van der Waals surface area (Å²) in [5.41, 5.74) is 0.195. The van der Waals surface area contributed by atoms with Gasteiger partial charge in [0.2, 0.25) is 0 Å². The van der Waals surface area contributed by atoms with Crippen molar-refractivity contribution < 1.29 is 13.9 Å². The summed E-state index contributed by atoms with van der Waals surface area (Å²) in [5, 5.41) is 0. The van der Waals surface area contributed by atoms with E-state index in [1.807, 2.05) is 14.0 Å². The molecule has 1 unspecified atom stereocenters. The molecule has 2 rings (SSSR count). The van der Waals surface area contributed by atoms with Gasteiger partial charge in [0.25, 0.3) is 0 Å². The lowest BCUT2D eigenvalue weighted by Crippen LogP contribution is -2.40. The van der Waals surface area contributed by atoms with Gasteiger partial charge in [0.1, 0.15) is 5.82 Å². The summed E-state index contributed by atoms with van der Waals surface area (Å²) in [4.78, 5) is 14.5. The SMILES string of the molecule is CC(CN(C)C1CCOCC1)C(=O)c1ccccc1F. The second kappa shape index (κ2) is 6.95. The molecule has 0 bridgehead atoms. The molecule has 1 saturated heterocycles. The topological polar surface area (TPSA) is 29.5 Å². The summed E-state index contributed by atoms with van der Waals surface area (Å²) < 4.78 is 19.0. The van der Waals surface area contributed by atoms with Gasteiger partial charge in [-0.05, 0) is 32.0 Å². The van der Waals surface area contributed by atoms with Gasteiger partial charge in [-0.15, -0.1) is 0 Å². The summed E-state index contributed by atoms with van der Waals surface area (Å²) in [6, 6.07) is 6.65. The van der Waals surface area contributed by atoms with E-state index < -0.39 is 5.82 Å². The first-order chi connectivity index (χ1) is 9.59. The Balaban J connectivity index is 1.95. The standard InChI is InChI=1S/C16H22FNO2/c1-12(11-18(2)13-7-9-20-10-8-13)16(19)14-5-3-4-6-15(14)17/h3-6,12-13H,7-11H2,1-2H3. The van der Waals surface area contributed by atoms with Gasteiger partial charge >= 0.3 is 0 Å². The fourth-order valence-corrected chi connectivity index (χ4v) is 2.72. The Morgan fingerprint density at radius 3 is 2.70 bits per heavy atom. The largest absolute Gasteiger partial charge is 0.381 e. The van der Waals surface area contributed by atoms with Gasteiger partial charge in [-0.3, -0.25) is 4.79 Å². The Bertz CT molecular complexity index is 458. The number of hydrogen-bond acceptors (Lipinski definition) is 3. The van der Waals surface area contributed by atoms with Crippen LogP contribution in [-0.2, 0) is 4.74 Å². The molecule has 0 aliphatic carbocycles. The predicted octanol–water partition coefficient (Wildman–Crippen LogP) is 2.76. The molecule has 0 saturated carbocycles. The fraction of sp³-hybridized carbons (Fsp3) is 0.562. The number of ketones is 1. The van der Waals surface area contributed by atoms with Crippen LogP contribution < -0.4 is 0 Å². The van der Waals surface area contributed by atoms with Crippen LogP contribution >= 0.6 is 0 Å². The zero-order chi connectivity index (χ0) is 14.5. The molecule has 0 spiro atoms. The lowest BCUT2D eigenvalue weighted by Gasteiger charge is -2.32. The molecule has 1 fully saturated rings. The maximum absolute atomic E-state index is 13.6. The molecule has 1 aromatic carbocycles. The number of nitrogens with zero attached hydrogens (tertiary/aromatic N) is 1. The summed E-state index contributed by atoms with van der Waals surface area (Å²) in [5.74, 6) is -0.764. The first kappa shape index (κ1) is 15.1. The Kier molecular flexibility index (Phi) is 5.26. The van der Waals surface area contributed by atoms with Gasteiger partial charge in [-0.2, -0.15) is 0 Å². The van der Waals surface area contributed by atoms with Crippen LogP contribution in [0.2, 0.25) is 0 Å². The van der Waals surface area contributed by atoms with Crippen LogP contribution in [-0.4, -0.2) is 43.5 Å². The molecule has 0 N–H and O–H groups in total. The second-order valence-electron chi connectivity index (χ2n) is 5.53. The minimum absolute atomic E-state index is 0.123. The minimum Gasteiger partial charge on any atom is -0.381 e. The third-order valence-corrected chi connectivity index (χ3v) is 3.96. The number of carbonyl (C=O) groups is 1. The molecule has 1 aliphatic rings. The molecule has 1 aromatic rings. The highest BCUT2D eigenvalue weighted by atomic mass is 19.1. The molecular formula is C16H22FNO2. The van der Waals surface area contributed by atoms with Gasteiger partial charge in [-0.1, -0.05) is 19.1 Å². The number of halogens is 1. The van der Waals surface area contributed by atoms with Gasteiger partial charge in [0, 0.05) is 31.7 Å². The number of ether oxygens (including phenoxy) is 1. The van der Waals surface area contributed by atoms with Gasteiger partial charge in [0.05, 0.1) is 5.56 Å². The Morgan fingerprint density at radius 2 is 2.05 bits per heavy atom. The highest BCUT2D eigenvalue weighted by Crippen LogP contribution is 2.17. The van der Waals surface area contributed by atoms with Crippen molar-refractivity contribution in [3.63, 3.8) is 0 Å². The number of rotatable bonds is 5. The van der Waals surface area contributed by atoms with Gasteiger partial charge in [0.15, 0.2) is 5.78 Å². The number of Topliss-reactive ketones (excluding diaryl/α,β-unsaturated/α-hetero) is 1. The van der Waals surface area contributed by atoms with Crippen LogP contribution in [0.5, 0.6) is 0 Å². The molecule has 4 heteroatoms. The van der Waals surface area contributed by atoms with Crippen LogP contribution in [0.25, 0.3) is 0 Å². The van der Waals surface area contributed by atoms with Crippen LogP contribution in [0.3, 0.4) is 0 Å². The van der Waals surface area contributed by atoms with E-state index in [2.05, 4.69) is 4.90 Å². The summed E-state index contributed by atoms with van der Waals surface area (Å²) in [7, 11) is 2.03. The first-order valence-electron chi connectivity index (χ1n) is 7.16. The monoisotopic (exact) mass is 279 g/mol. The van der Waals surface area contributed by atoms with Crippen molar-refractivity contribution in [3.8, 4) is 0 Å². The number of hydrogen-bond donors (Lipinski definition) is 0. The highest BCUT2D eigenvalue weighted by Gasteiger charge is 2.24. The zero-order valence-corrected chi connectivity index (χ0v) is 12.1. The van der Waals surface area contributed by atoms with Crippen molar-refractivity contribution in [3.05, 3.63) is 35.6 Å². The van der Waals surface area contributed by atoms with Crippen LogP contribution in [0.15, 0.2) is 24.3 Å². The average Bonchev–Trinajstić information content (AvgIpc) is 2.48. The Morgan fingerprint density at radius 1 is 1.40 bits per heavy atom. The summed E-state index contributed by atoms with van der Waals surface area (Å²) in [6.07, 6.45) is 1.99. The van der Waals surface area contributed by atoms with E-state index in [0.717, 1.165) is 26.1 Å². The highest BCUT2D eigenvalue weighted by molar-refractivity contribution is 5.98. The average molecular weight is 279 g/mol. The summed E-state index contributed by atoms with van der Waals surface area (Å²) >= 11 is 0. The quantitative estimate of drug-likeness (QED) is 0.776. The summed E-state index contributed by atoms with van der Waals surface area (Å²) in [6.45, 7) is 4.08. The normalized spacial score (nSPS) is 18.2. The van der Waals surface area contributed by atoms with Crippen molar-refractivity contribution >= 4 is 5.78 Å². The zero-order valence-electron chi connectivity index (χ0n) is 12.1. The third-order valence-electron chi connectivity index (χ3n) is 3.96. The predicted molar refractivity (Wildman–Crippen MR) is 76.4 cm³/mol. The molecule has 0 amide bonds. The number of benzene rings is 1. The molecule has 20 heavy (non-hydrogen) atoms. The fourth-order valence-electron chi connectivity index (χ4n) is 2.72. The van der Waals surface area contributed by atoms with E-state index >= 15 is 0 Å². The lowest BCUT2D eigenvalue weighted by atomic mass is 9.97. The van der Waals surface area contributed by atoms with Gasteiger partial charge in [-0.25, -0.2) is 4.39 Å². The van der Waals surface area contributed by atoms with E-state index in [1.54, 1.807) is 18.2 Å². The lowest BCUT2D eigenvalue weighted by molar-refractivity contribution is 0.0385. The van der Waals surface area contributed by atoms with Crippen LogP contribution in [0, 0.1) is 11.7 Å². The van der Waals surface area contributed by atoms with Crippen LogP contribution in [0.1, 0.15) is 30.1 Å². The van der Waals surface area contributed by atoms with E-state index in [1.165, 1.54) is 6.07 Å². The van der Waals surface area contributed by atoms with Crippen molar-refractivity contribution in [2.24, 2.45) is 5.92 Å². The van der Waals surface area contributed by atoms with E-state index in [9.17, 15) is 9.18 Å². The van der Waals surface area contributed by atoms with E-state index in [0.29, 0.717) is 12.6 Å².